The first-order valence-corrected chi connectivity index (χ1v) is 10.7. The molecule has 0 fully saturated rings. The number of amides is 1. The third-order valence-electron chi connectivity index (χ3n) is 4.48. The largest absolute Gasteiger partial charge is 0.494 e. The molecule has 0 unspecified atom stereocenters. The van der Waals surface area contributed by atoms with Crippen LogP contribution >= 0.6 is 23.2 Å². The SMILES string of the molecule is CCOc1ccc(NC(=O)C=Cc2ccc(OCc3c(Cl)cccc3Cl)c(OC)c2)cc1. The molecular formula is C25H23Cl2NO4. The Balaban J connectivity index is 1.63. The standard InChI is InChI=1S/C25H23Cl2NO4/c1-3-31-19-11-9-18(10-12-19)28-25(29)14-8-17-7-13-23(24(15-17)30-2)32-16-20-21(26)5-4-6-22(20)27/h4-15H,3,16H2,1-2H3,(H,28,29). The van der Waals surface area contributed by atoms with Crippen LogP contribution in [0.15, 0.2) is 66.7 Å². The van der Waals surface area contributed by atoms with Crippen LogP contribution in [0, 0.1) is 0 Å². The Labute approximate surface area is 197 Å². The number of halogens is 2. The molecule has 0 saturated carbocycles. The van der Waals surface area contributed by atoms with E-state index >= 15 is 0 Å². The minimum Gasteiger partial charge on any atom is -0.494 e. The number of hydrogen-bond donors (Lipinski definition) is 1. The Kier molecular flexibility index (Phi) is 8.42. The van der Waals surface area contributed by atoms with Gasteiger partial charge in [0.15, 0.2) is 11.5 Å². The highest BCUT2D eigenvalue weighted by Gasteiger charge is 2.10. The maximum atomic E-state index is 12.2. The number of rotatable bonds is 9. The molecule has 0 aliphatic heterocycles. The Morgan fingerprint density at radius 1 is 0.969 bits per heavy atom. The highest BCUT2D eigenvalue weighted by Crippen LogP contribution is 2.31. The molecule has 0 atom stereocenters. The first-order valence-electron chi connectivity index (χ1n) is 9.95. The zero-order chi connectivity index (χ0) is 22.9. The van der Waals surface area contributed by atoms with Crippen molar-refractivity contribution in [1.29, 1.82) is 0 Å². The van der Waals surface area contributed by atoms with Gasteiger partial charge in [-0.2, -0.15) is 0 Å². The highest BCUT2D eigenvalue weighted by molar-refractivity contribution is 6.35. The van der Waals surface area contributed by atoms with Gasteiger partial charge in [-0.15, -0.1) is 0 Å². The lowest BCUT2D eigenvalue weighted by Crippen LogP contribution is -2.07. The zero-order valence-corrected chi connectivity index (χ0v) is 19.2. The van der Waals surface area contributed by atoms with Crippen molar-refractivity contribution in [3.05, 3.63) is 87.9 Å². The molecule has 0 aliphatic rings. The van der Waals surface area contributed by atoms with Crippen molar-refractivity contribution in [1.82, 2.24) is 0 Å². The molecule has 1 N–H and O–H groups in total. The van der Waals surface area contributed by atoms with E-state index in [4.69, 9.17) is 37.4 Å². The molecule has 0 bridgehead atoms. The average molecular weight is 472 g/mol. The van der Waals surface area contributed by atoms with Crippen LogP contribution < -0.4 is 19.5 Å². The van der Waals surface area contributed by atoms with Crippen LogP contribution in [-0.4, -0.2) is 19.6 Å². The van der Waals surface area contributed by atoms with Crippen molar-refractivity contribution in [3.8, 4) is 17.2 Å². The molecule has 1 amide bonds. The van der Waals surface area contributed by atoms with Crippen LogP contribution in [0.2, 0.25) is 10.0 Å². The second-order valence-corrected chi connectivity index (χ2v) is 7.49. The van der Waals surface area contributed by atoms with Gasteiger partial charge in [0.25, 0.3) is 0 Å². The van der Waals surface area contributed by atoms with E-state index in [1.165, 1.54) is 6.08 Å². The topological polar surface area (TPSA) is 56.8 Å². The maximum Gasteiger partial charge on any atom is 0.248 e. The van der Waals surface area contributed by atoms with E-state index in [0.717, 1.165) is 11.3 Å². The number of methoxy groups -OCH3 is 1. The van der Waals surface area contributed by atoms with E-state index in [0.29, 0.717) is 39.4 Å². The van der Waals surface area contributed by atoms with Crippen LogP contribution in [0.4, 0.5) is 5.69 Å². The molecule has 0 radical (unpaired) electrons. The lowest BCUT2D eigenvalue weighted by atomic mass is 10.2. The summed E-state index contributed by atoms with van der Waals surface area (Å²) in [5, 5.41) is 3.88. The Morgan fingerprint density at radius 2 is 1.69 bits per heavy atom. The summed E-state index contributed by atoms with van der Waals surface area (Å²) in [4.78, 5) is 12.2. The monoisotopic (exact) mass is 471 g/mol. The van der Waals surface area contributed by atoms with Gasteiger partial charge in [-0.3, -0.25) is 4.79 Å². The maximum absolute atomic E-state index is 12.2. The third kappa shape index (κ3) is 6.42. The molecule has 3 rings (SSSR count). The fourth-order valence-electron chi connectivity index (χ4n) is 2.88. The minimum atomic E-state index is -0.248. The summed E-state index contributed by atoms with van der Waals surface area (Å²) >= 11 is 12.4. The van der Waals surface area contributed by atoms with Gasteiger partial charge in [0.1, 0.15) is 12.4 Å². The molecule has 0 aromatic heterocycles. The van der Waals surface area contributed by atoms with Crippen LogP contribution in [0.25, 0.3) is 6.08 Å². The summed E-state index contributed by atoms with van der Waals surface area (Å²) in [5.74, 6) is 1.58. The van der Waals surface area contributed by atoms with E-state index in [1.807, 2.05) is 25.1 Å². The Bertz CT molecular complexity index is 1080. The highest BCUT2D eigenvalue weighted by atomic mass is 35.5. The van der Waals surface area contributed by atoms with E-state index in [-0.39, 0.29) is 12.5 Å². The molecule has 32 heavy (non-hydrogen) atoms. The summed E-state index contributed by atoms with van der Waals surface area (Å²) in [6, 6.07) is 17.9. The lowest BCUT2D eigenvalue weighted by Gasteiger charge is -2.13. The van der Waals surface area contributed by atoms with Gasteiger partial charge in [0.05, 0.1) is 13.7 Å². The third-order valence-corrected chi connectivity index (χ3v) is 5.19. The number of anilines is 1. The summed E-state index contributed by atoms with van der Waals surface area (Å²) in [5.41, 5.74) is 2.17. The summed E-state index contributed by atoms with van der Waals surface area (Å²) in [6.45, 7) is 2.71. The second-order valence-electron chi connectivity index (χ2n) is 6.68. The minimum absolute atomic E-state index is 0.203. The summed E-state index contributed by atoms with van der Waals surface area (Å²) in [6.07, 6.45) is 3.15. The number of carbonyl (C=O) groups excluding carboxylic acids is 1. The molecular weight excluding hydrogens is 449 g/mol. The fourth-order valence-corrected chi connectivity index (χ4v) is 3.39. The van der Waals surface area contributed by atoms with Crippen molar-refractivity contribution in [2.75, 3.05) is 19.0 Å². The fraction of sp³-hybridized carbons (Fsp3) is 0.160. The molecule has 7 heteroatoms. The van der Waals surface area contributed by atoms with Crippen molar-refractivity contribution >= 4 is 40.9 Å². The van der Waals surface area contributed by atoms with Crippen molar-refractivity contribution in [2.24, 2.45) is 0 Å². The number of benzene rings is 3. The van der Waals surface area contributed by atoms with Crippen molar-refractivity contribution in [2.45, 2.75) is 13.5 Å². The van der Waals surface area contributed by atoms with Crippen molar-refractivity contribution in [3.63, 3.8) is 0 Å². The first-order chi connectivity index (χ1) is 15.5. The van der Waals surface area contributed by atoms with Gasteiger partial charge < -0.3 is 19.5 Å². The number of carbonyl (C=O) groups is 1. The van der Waals surface area contributed by atoms with Crippen LogP contribution in [-0.2, 0) is 11.4 Å². The predicted octanol–water partition coefficient (Wildman–Crippen LogP) is 6.63. The van der Waals surface area contributed by atoms with Gasteiger partial charge in [-0.1, -0.05) is 35.3 Å². The van der Waals surface area contributed by atoms with Gasteiger partial charge in [0, 0.05) is 27.4 Å². The summed E-state index contributed by atoms with van der Waals surface area (Å²) in [7, 11) is 1.55. The molecule has 3 aromatic carbocycles. The molecule has 0 heterocycles. The smallest absolute Gasteiger partial charge is 0.248 e. The molecule has 166 valence electrons. The van der Waals surface area contributed by atoms with Gasteiger partial charge in [-0.05, 0) is 67.1 Å². The van der Waals surface area contributed by atoms with Gasteiger partial charge >= 0.3 is 0 Å². The first kappa shape index (κ1) is 23.5. The average Bonchev–Trinajstić information content (AvgIpc) is 2.79. The normalized spacial score (nSPS) is 10.8. The number of nitrogens with one attached hydrogen (secondary N) is 1. The van der Waals surface area contributed by atoms with E-state index in [1.54, 1.807) is 55.7 Å². The Hall–Kier alpha value is -3.15. The van der Waals surface area contributed by atoms with Gasteiger partial charge in [-0.25, -0.2) is 0 Å². The van der Waals surface area contributed by atoms with E-state index in [2.05, 4.69) is 5.32 Å². The predicted molar refractivity (Wildman–Crippen MR) is 129 cm³/mol. The van der Waals surface area contributed by atoms with Crippen molar-refractivity contribution < 1.29 is 19.0 Å². The second kappa shape index (κ2) is 11.5. The van der Waals surface area contributed by atoms with E-state index in [9.17, 15) is 4.79 Å². The molecule has 3 aromatic rings. The quantitative estimate of drug-likeness (QED) is 0.355. The van der Waals surface area contributed by atoms with Crippen LogP contribution in [0.3, 0.4) is 0 Å². The number of ether oxygens (including phenoxy) is 3. The lowest BCUT2D eigenvalue weighted by molar-refractivity contribution is -0.111. The molecule has 5 nitrogen and oxygen atoms in total. The van der Waals surface area contributed by atoms with Crippen LogP contribution in [0.5, 0.6) is 17.2 Å². The molecule has 0 spiro atoms. The zero-order valence-electron chi connectivity index (χ0n) is 17.7. The number of hydrogen-bond acceptors (Lipinski definition) is 4. The van der Waals surface area contributed by atoms with Gasteiger partial charge in [0.2, 0.25) is 5.91 Å². The summed E-state index contributed by atoms with van der Waals surface area (Å²) < 4.78 is 16.7. The molecule has 0 saturated heterocycles. The van der Waals surface area contributed by atoms with Crippen LogP contribution in [0.1, 0.15) is 18.1 Å². The van der Waals surface area contributed by atoms with E-state index < -0.39 is 0 Å². The Morgan fingerprint density at radius 3 is 2.34 bits per heavy atom. The molecule has 0 aliphatic carbocycles.